The van der Waals surface area contributed by atoms with Gasteiger partial charge >= 0.3 is 0 Å². The number of carbonyl (C=O) groups is 1. The van der Waals surface area contributed by atoms with Crippen molar-refractivity contribution in [1.29, 1.82) is 0 Å². The third-order valence-corrected chi connectivity index (χ3v) is 6.53. The molecule has 0 amide bonds. The summed E-state index contributed by atoms with van der Waals surface area (Å²) in [7, 11) is 2.92. The maximum absolute atomic E-state index is 13.8. The zero-order valence-electron chi connectivity index (χ0n) is 21.9. The summed E-state index contributed by atoms with van der Waals surface area (Å²) in [4.78, 5) is 17.9. The highest BCUT2D eigenvalue weighted by Crippen LogP contribution is 2.36. The molecule has 0 saturated heterocycles. The van der Waals surface area contributed by atoms with E-state index >= 15 is 0 Å². The molecule has 0 bridgehead atoms. The number of halogens is 2. The Kier molecular flexibility index (Phi) is 9.30. The summed E-state index contributed by atoms with van der Waals surface area (Å²) in [5, 5.41) is 28.6. The molecule has 2 N–H and O–H groups in total. The van der Waals surface area contributed by atoms with Crippen LogP contribution in [-0.4, -0.2) is 63.4 Å². The minimum Gasteiger partial charge on any atom is -0.494 e. The van der Waals surface area contributed by atoms with Gasteiger partial charge in [-0.15, -0.1) is 5.10 Å². The SMILES string of the molecule is COc1cc(C(=O)CCC(O)(Cn2ccnn2)c2ccc(OC)c(-c3ccc(F)c(Cl)c3)n2)ccc1OCCO. The van der Waals surface area contributed by atoms with Crippen LogP contribution in [0.4, 0.5) is 4.39 Å². The number of ether oxygens (including phenoxy) is 3. The standard InChI is InChI=1S/C28H28ClFN4O6/c1-38-24-7-8-26(32-27(24)19-3-5-21(30)20(29)15-19)28(37,17-34-12-11-31-33-34)10-9-22(36)18-4-6-23(40-14-13-35)25(16-18)39-2/h3-8,11-12,15-16,35,37H,9-10,13-14,17H2,1-2H3. The number of pyridine rings is 1. The molecule has 12 heteroatoms. The van der Waals surface area contributed by atoms with Crippen molar-refractivity contribution in [1.82, 2.24) is 20.0 Å². The third-order valence-electron chi connectivity index (χ3n) is 6.24. The van der Waals surface area contributed by atoms with Crippen LogP contribution in [0.1, 0.15) is 28.9 Å². The predicted molar refractivity (Wildman–Crippen MR) is 144 cm³/mol. The number of ketones is 1. The Morgan fingerprint density at radius 1 is 1.07 bits per heavy atom. The summed E-state index contributed by atoms with van der Waals surface area (Å²) in [5.74, 6) is 0.305. The summed E-state index contributed by atoms with van der Waals surface area (Å²) in [6.07, 6.45) is 3.01. The fourth-order valence-corrected chi connectivity index (χ4v) is 4.35. The minimum absolute atomic E-state index is 0.0142. The number of hydrogen-bond acceptors (Lipinski definition) is 9. The molecule has 10 nitrogen and oxygen atoms in total. The Labute approximate surface area is 234 Å². The molecular formula is C28H28ClFN4O6. The van der Waals surface area contributed by atoms with E-state index in [4.69, 9.17) is 30.9 Å². The van der Waals surface area contributed by atoms with Crippen molar-refractivity contribution in [3.8, 4) is 28.5 Å². The Hall–Kier alpha value is -4.06. The van der Waals surface area contributed by atoms with Crippen LogP contribution in [0.3, 0.4) is 0 Å². The van der Waals surface area contributed by atoms with Gasteiger partial charge in [0.2, 0.25) is 0 Å². The third kappa shape index (κ3) is 6.56. The molecule has 1 unspecified atom stereocenters. The van der Waals surface area contributed by atoms with Gasteiger partial charge in [0.05, 0.1) is 44.3 Å². The quantitative estimate of drug-likeness (QED) is 0.228. The number of hydrogen-bond donors (Lipinski definition) is 2. The van der Waals surface area contributed by atoms with E-state index < -0.39 is 11.4 Å². The smallest absolute Gasteiger partial charge is 0.163 e. The molecule has 0 aliphatic heterocycles. The molecule has 0 aliphatic carbocycles. The molecule has 1 atom stereocenters. The topological polar surface area (TPSA) is 129 Å². The van der Waals surface area contributed by atoms with Crippen LogP contribution in [0.25, 0.3) is 11.3 Å². The fraction of sp³-hybridized carbons (Fsp3) is 0.286. The lowest BCUT2D eigenvalue weighted by Crippen LogP contribution is -2.34. The normalized spacial score (nSPS) is 12.6. The molecule has 0 radical (unpaired) electrons. The average molecular weight is 571 g/mol. The number of aliphatic hydroxyl groups excluding tert-OH is 1. The maximum Gasteiger partial charge on any atom is 0.163 e. The van der Waals surface area contributed by atoms with Crippen LogP contribution < -0.4 is 14.2 Å². The lowest BCUT2D eigenvalue weighted by molar-refractivity contribution is 0.000675. The van der Waals surface area contributed by atoms with Crippen molar-refractivity contribution >= 4 is 17.4 Å². The number of aromatic nitrogens is 4. The minimum atomic E-state index is -1.65. The highest BCUT2D eigenvalue weighted by Gasteiger charge is 2.34. The van der Waals surface area contributed by atoms with Gasteiger partial charge in [-0.1, -0.05) is 16.8 Å². The van der Waals surface area contributed by atoms with E-state index in [1.807, 2.05) is 0 Å². The van der Waals surface area contributed by atoms with Crippen molar-refractivity contribution in [3.05, 3.63) is 83.0 Å². The molecule has 0 aliphatic rings. The maximum atomic E-state index is 13.8. The molecule has 0 spiro atoms. The van der Waals surface area contributed by atoms with Crippen LogP contribution in [0, 0.1) is 5.82 Å². The summed E-state index contributed by atoms with van der Waals surface area (Å²) in [6, 6.07) is 12.1. The van der Waals surface area contributed by atoms with Crippen molar-refractivity contribution in [2.24, 2.45) is 0 Å². The molecular weight excluding hydrogens is 543 g/mol. The molecule has 0 saturated carbocycles. The summed E-state index contributed by atoms with van der Waals surface area (Å²) >= 11 is 6.01. The first-order chi connectivity index (χ1) is 19.3. The van der Waals surface area contributed by atoms with Crippen LogP contribution in [-0.2, 0) is 12.1 Å². The fourth-order valence-electron chi connectivity index (χ4n) is 4.17. The van der Waals surface area contributed by atoms with E-state index in [1.165, 1.54) is 43.3 Å². The molecule has 210 valence electrons. The average Bonchev–Trinajstić information content (AvgIpc) is 3.48. The first-order valence-electron chi connectivity index (χ1n) is 12.3. The number of methoxy groups -OCH3 is 2. The van der Waals surface area contributed by atoms with E-state index in [1.54, 1.807) is 36.5 Å². The summed E-state index contributed by atoms with van der Waals surface area (Å²) in [5.41, 5.74) is -0.214. The number of benzene rings is 2. The van der Waals surface area contributed by atoms with Crippen LogP contribution in [0.2, 0.25) is 5.02 Å². The lowest BCUT2D eigenvalue weighted by atomic mass is 9.90. The van der Waals surface area contributed by atoms with Gasteiger partial charge in [-0.25, -0.2) is 14.1 Å². The monoisotopic (exact) mass is 570 g/mol. The molecule has 2 aromatic heterocycles. The van der Waals surface area contributed by atoms with Gasteiger partial charge in [-0.2, -0.15) is 0 Å². The lowest BCUT2D eigenvalue weighted by Gasteiger charge is -2.28. The van der Waals surface area contributed by atoms with Gasteiger partial charge in [0, 0.05) is 23.7 Å². The Morgan fingerprint density at radius 3 is 2.52 bits per heavy atom. The molecule has 40 heavy (non-hydrogen) atoms. The second kappa shape index (κ2) is 12.9. The largest absolute Gasteiger partial charge is 0.494 e. The van der Waals surface area contributed by atoms with Crippen LogP contribution in [0.5, 0.6) is 17.2 Å². The van der Waals surface area contributed by atoms with E-state index in [2.05, 4.69) is 15.3 Å². The summed E-state index contributed by atoms with van der Waals surface area (Å²) in [6.45, 7) is -0.121. The molecule has 4 rings (SSSR count). The number of nitrogens with zero attached hydrogens (tertiary/aromatic N) is 4. The predicted octanol–water partition coefficient (Wildman–Crippen LogP) is 4.07. The zero-order valence-corrected chi connectivity index (χ0v) is 22.6. The Morgan fingerprint density at radius 2 is 1.85 bits per heavy atom. The number of Topliss-reactive ketones (excluding diaryl/α,β-unsaturated/α-hetero) is 1. The first-order valence-corrected chi connectivity index (χ1v) is 12.7. The van der Waals surface area contributed by atoms with Gasteiger partial charge in [0.1, 0.15) is 29.5 Å². The van der Waals surface area contributed by atoms with Gasteiger partial charge in [0.25, 0.3) is 0 Å². The molecule has 2 aromatic carbocycles. The molecule has 0 fully saturated rings. The Bertz CT molecular complexity index is 1470. The van der Waals surface area contributed by atoms with Crippen LogP contribution in [0.15, 0.2) is 60.9 Å². The highest BCUT2D eigenvalue weighted by molar-refractivity contribution is 6.31. The van der Waals surface area contributed by atoms with E-state index in [-0.39, 0.29) is 49.1 Å². The molecule has 2 heterocycles. The van der Waals surface area contributed by atoms with Gasteiger partial charge in [-0.3, -0.25) is 4.79 Å². The first kappa shape index (κ1) is 28.9. The van der Waals surface area contributed by atoms with Crippen molar-refractivity contribution < 1.29 is 33.6 Å². The number of carbonyl (C=O) groups excluding carboxylic acids is 1. The summed E-state index contributed by atoms with van der Waals surface area (Å²) < 4.78 is 31.5. The van der Waals surface area contributed by atoms with Crippen LogP contribution >= 0.6 is 11.6 Å². The van der Waals surface area contributed by atoms with E-state index in [9.17, 15) is 14.3 Å². The van der Waals surface area contributed by atoms with Gasteiger partial charge in [-0.05, 0) is 55.0 Å². The second-order valence-electron chi connectivity index (χ2n) is 8.87. The van der Waals surface area contributed by atoms with E-state index in [0.29, 0.717) is 34.1 Å². The highest BCUT2D eigenvalue weighted by atomic mass is 35.5. The van der Waals surface area contributed by atoms with Gasteiger partial charge in [0.15, 0.2) is 17.3 Å². The number of rotatable bonds is 13. The van der Waals surface area contributed by atoms with Crippen molar-refractivity contribution in [2.45, 2.75) is 25.0 Å². The second-order valence-corrected chi connectivity index (χ2v) is 9.28. The van der Waals surface area contributed by atoms with Crippen molar-refractivity contribution in [3.63, 3.8) is 0 Å². The van der Waals surface area contributed by atoms with E-state index in [0.717, 1.165) is 0 Å². The van der Waals surface area contributed by atoms with Gasteiger partial charge < -0.3 is 24.4 Å². The zero-order chi connectivity index (χ0) is 28.7. The number of aliphatic hydroxyl groups is 2. The molecule has 4 aromatic rings. The Balaban J connectivity index is 1.65. The van der Waals surface area contributed by atoms with Crippen molar-refractivity contribution in [2.75, 3.05) is 27.4 Å².